The molecule has 0 aromatic heterocycles. The lowest BCUT2D eigenvalue weighted by atomic mass is 10.1. The second kappa shape index (κ2) is 2.23. The minimum absolute atomic E-state index is 0.387. The molecule has 0 saturated carbocycles. The number of hydrazine groups is 1. The van der Waals surface area contributed by atoms with Crippen molar-refractivity contribution in [1.82, 2.24) is 10.0 Å². The predicted molar refractivity (Wildman–Crippen MR) is 40.2 cm³/mol. The molecule has 2 amide bonds. The van der Waals surface area contributed by atoms with Gasteiger partial charge in [-0.2, -0.15) is 0 Å². The smallest absolute Gasteiger partial charge is 0.333 e. The highest BCUT2D eigenvalue weighted by atomic mass is 16.2. The van der Waals surface area contributed by atoms with Crippen molar-refractivity contribution in [3.8, 4) is 0 Å². The zero-order chi connectivity index (χ0) is 7.84. The predicted octanol–water partition coefficient (Wildman–Crippen LogP) is 0.131. The Morgan fingerprint density at radius 1 is 1.64 bits per heavy atom. The van der Waals surface area contributed by atoms with Crippen LogP contribution < -0.4 is 5.73 Å². The van der Waals surface area contributed by atoms with Crippen molar-refractivity contribution >= 4 is 6.03 Å². The van der Waals surface area contributed by atoms with Crippen LogP contribution in [0.2, 0.25) is 0 Å². The van der Waals surface area contributed by atoms with Crippen LogP contribution in [0.25, 0.3) is 0 Å². The Morgan fingerprint density at radius 2 is 2.45 bits per heavy atom. The summed E-state index contributed by atoms with van der Waals surface area (Å²) in [7, 11) is 0. The third-order valence-corrected chi connectivity index (χ3v) is 2.23. The molecule has 2 aliphatic heterocycles. The largest absolute Gasteiger partial charge is 0.350 e. The van der Waals surface area contributed by atoms with Gasteiger partial charge in [0.05, 0.1) is 0 Å². The van der Waals surface area contributed by atoms with Gasteiger partial charge < -0.3 is 5.73 Å². The Morgan fingerprint density at radius 3 is 3.18 bits per heavy atom. The molecule has 1 fully saturated rings. The molecule has 0 aromatic rings. The van der Waals surface area contributed by atoms with Crippen molar-refractivity contribution in [2.45, 2.75) is 6.42 Å². The van der Waals surface area contributed by atoms with Crippen molar-refractivity contribution in [2.24, 2.45) is 11.7 Å². The van der Waals surface area contributed by atoms with Crippen LogP contribution in [-0.4, -0.2) is 29.1 Å². The van der Waals surface area contributed by atoms with E-state index in [-0.39, 0.29) is 6.03 Å². The maximum atomic E-state index is 10.8. The number of carbonyl (C=O) groups excluding carboxylic acids is 1. The first-order valence-electron chi connectivity index (χ1n) is 3.79. The first-order chi connectivity index (χ1) is 5.27. The second-order valence-corrected chi connectivity index (χ2v) is 2.99. The Balaban J connectivity index is 2.18. The summed E-state index contributed by atoms with van der Waals surface area (Å²) in [6.07, 6.45) is 4.96. The van der Waals surface area contributed by atoms with E-state index in [1.807, 2.05) is 11.1 Å². The third-order valence-electron chi connectivity index (χ3n) is 2.23. The lowest BCUT2D eigenvalue weighted by Gasteiger charge is -2.29. The van der Waals surface area contributed by atoms with Crippen molar-refractivity contribution in [3.63, 3.8) is 0 Å². The molecule has 2 N–H and O–H groups in total. The number of amides is 2. The van der Waals surface area contributed by atoms with Crippen LogP contribution in [0.4, 0.5) is 4.79 Å². The molecule has 0 aromatic carbocycles. The van der Waals surface area contributed by atoms with Crippen LogP contribution in [0.5, 0.6) is 0 Å². The average Bonchev–Trinajstić information content (AvgIpc) is 2.32. The molecule has 0 spiro atoms. The number of hydrogen-bond donors (Lipinski definition) is 1. The number of fused-ring (bicyclic) bond motifs is 2. The summed E-state index contributed by atoms with van der Waals surface area (Å²) in [6, 6.07) is -0.387. The number of nitrogens with zero attached hydrogens (tertiary/aromatic N) is 2. The molecule has 2 heterocycles. The molecule has 2 unspecified atom stereocenters. The van der Waals surface area contributed by atoms with E-state index in [1.165, 1.54) is 5.01 Å². The molecule has 2 rings (SSSR count). The first-order valence-corrected chi connectivity index (χ1v) is 3.79. The van der Waals surface area contributed by atoms with Crippen LogP contribution in [0.1, 0.15) is 6.42 Å². The lowest BCUT2D eigenvalue weighted by Crippen LogP contribution is -2.45. The molecule has 60 valence electrons. The van der Waals surface area contributed by atoms with Crippen LogP contribution in [-0.2, 0) is 0 Å². The molecular formula is C7H11N3O. The summed E-state index contributed by atoms with van der Waals surface area (Å²) in [5.41, 5.74) is 5.15. The van der Waals surface area contributed by atoms with Crippen LogP contribution in [0.3, 0.4) is 0 Å². The van der Waals surface area contributed by atoms with Crippen molar-refractivity contribution in [1.29, 1.82) is 0 Å². The van der Waals surface area contributed by atoms with Gasteiger partial charge in [-0.1, -0.05) is 6.08 Å². The zero-order valence-electron chi connectivity index (χ0n) is 6.23. The standard InChI is InChI=1S/C7H11N3O/c8-7(11)10-4-2-6-1-3-9(10)5-6/h2,4,6H,1,3,5H2,(H2,8,11). The summed E-state index contributed by atoms with van der Waals surface area (Å²) in [6.45, 7) is 1.89. The Labute approximate surface area is 65.2 Å². The highest BCUT2D eigenvalue weighted by molar-refractivity contribution is 5.72. The van der Waals surface area contributed by atoms with E-state index in [2.05, 4.69) is 0 Å². The molecule has 2 atom stereocenters. The van der Waals surface area contributed by atoms with E-state index < -0.39 is 0 Å². The quantitative estimate of drug-likeness (QED) is 0.537. The van der Waals surface area contributed by atoms with Gasteiger partial charge in [-0.3, -0.25) is 0 Å². The summed E-state index contributed by atoms with van der Waals surface area (Å²) >= 11 is 0. The fraction of sp³-hybridized carbons (Fsp3) is 0.571. The molecule has 11 heavy (non-hydrogen) atoms. The molecular weight excluding hydrogens is 142 g/mol. The van der Waals surface area contributed by atoms with Crippen LogP contribution in [0, 0.1) is 5.92 Å². The van der Waals surface area contributed by atoms with E-state index in [1.54, 1.807) is 6.20 Å². The molecule has 0 radical (unpaired) electrons. The van der Waals surface area contributed by atoms with Crippen LogP contribution in [0.15, 0.2) is 12.3 Å². The van der Waals surface area contributed by atoms with Gasteiger partial charge in [0, 0.05) is 19.3 Å². The number of carbonyl (C=O) groups is 1. The Hall–Kier alpha value is -1.03. The van der Waals surface area contributed by atoms with Crippen molar-refractivity contribution in [2.75, 3.05) is 13.1 Å². The zero-order valence-corrected chi connectivity index (χ0v) is 6.23. The van der Waals surface area contributed by atoms with Gasteiger partial charge in [-0.05, 0) is 12.3 Å². The maximum Gasteiger partial charge on any atom is 0.333 e. The Bertz CT molecular complexity index is 214. The number of urea groups is 1. The molecule has 2 aliphatic rings. The fourth-order valence-corrected chi connectivity index (χ4v) is 1.63. The average molecular weight is 153 g/mol. The molecule has 1 saturated heterocycles. The summed E-state index contributed by atoms with van der Waals surface area (Å²) in [4.78, 5) is 10.8. The van der Waals surface area contributed by atoms with Crippen molar-refractivity contribution < 1.29 is 4.79 Å². The van der Waals surface area contributed by atoms with Gasteiger partial charge in [0.1, 0.15) is 0 Å². The van der Waals surface area contributed by atoms with Gasteiger partial charge >= 0.3 is 6.03 Å². The molecule has 4 nitrogen and oxygen atoms in total. The Kier molecular flexibility index (Phi) is 1.35. The monoisotopic (exact) mass is 153 g/mol. The van der Waals surface area contributed by atoms with E-state index in [0.29, 0.717) is 5.92 Å². The minimum atomic E-state index is -0.387. The number of rotatable bonds is 0. The number of nitrogens with two attached hydrogens (primary N) is 1. The van der Waals surface area contributed by atoms with E-state index >= 15 is 0 Å². The van der Waals surface area contributed by atoms with Gasteiger partial charge in [0.15, 0.2) is 0 Å². The topological polar surface area (TPSA) is 49.6 Å². The summed E-state index contributed by atoms with van der Waals surface area (Å²) in [5.74, 6) is 0.630. The lowest BCUT2D eigenvalue weighted by molar-refractivity contribution is 0.0759. The number of primary amides is 1. The molecule has 2 bridgehead atoms. The van der Waals surface area contributed by atoms with E-state index in [9.17, 15) is 4.79 Å². The summed E-state index contributed by atoms with van der Waals surface area (Å²) in [5, 5.41) is 3.47. The van der Waals surface area contributed by atoms with Crippen LogP contribution >= 0.6 is 0 Å². The van der Waals surface area contributed by atoms with E-state index in [4.69, 9.17) is 5.73 Å². The minimum Gasteiger partial charge on any atom is -0.350 e. The highest BCUT2D eigenvalue weighted by Gasteiger charge is 2.29. The van der Waals surface area contributed by atoms with Gasteiger partial charge in [-0.15, -0.1) is 0 Å². The second-order valence-electron chi connectivity index (χ2n) is 2.99. The SMILES string of the molecule is NC(=O)N1C=CC2CCN1C2. The maximum absolute atomic E-state index is 10.8. The fourth-order valence-electron chi connectivity index (χ4n) is 1.63. The summed E-state index contributed by atoms with van der Waals surface area (Å²) < 4.78 is 0. The van der Waals surface area contributed by atoms with Gasteiger partial charge in [0.2, 0.25) is 0 Å². The third kappa shape index (κ3) is 0.991. The number of hydrogen-bond acceptors (Lipinski definition) is 2. The van der Waals surface area contributed by atoms with Crippen molar-refractivity contribution in [3.05, 3.63) is 12.3 Å². The molecule has 0 aliphatic carbocycles. The van der Waals surface area contributed by atoms with Gasteiger partial charge in [0.25, 0.3) is 0 Å². The van der Waals surface area contributed by atoms with E-state index in [0.717, 1.165) is 19.5 Å². The first kappa shape index (κ1) is 6.67. The normalized spacial score (nSPS) is 34.4. The highest BCUT2D eigenvalue weighted by Crippen LogP contribution is 2.23. The van der Waals surface area contributed by atoms with Gasteiger partial charge in [-0.25, -0.2) is 14.8 Å². The molecule has 4 heteroatoms.